The van der Waals surface area contributed by atoms with Crippen molar-refractivity contribution in [3.05, 3.63) is 0 Å². The largest absolute Gasteiger partial charge is 0.461 e. The van der Waals surface area contributed by atoms with Gasteiger partial charge in [-0.15, -0.1) is 0 Å². The van der Waals surface area contributed by atoms with E-state index in [9.17, 15) is 4.79 Å². The van der Waals surface area contributed by atoms with Crippen LogP contribution in [0.5, 0.6) is 0 Å². The summed E-state index contributed by atoms with van der Waals surface area (Å²) >= 11 is 2.57. The fourth-order valence-electron chi connectivity index (χ4n) is 9.58. The van der Waals surface area contributed by atoms with Crippen LogP contribution in [0.4, 0.5) is 0 Å². The standard InChI is InChI=1S/C29H49IO2/c1-18(2)8-7-9-19(3)23-12-13-24-22-11-10-21-16-26(30)27(32-20(4)31)17-29(21,6)25(22)14-15-28(23,24)5/h18-19,21-27H,7-17H2,1-6H3/t19-,21+,22+,23+,24-,25-,26+,27-,28+,29+/m1/s1. The lowest BCUT2D eigenvalue weighted by Gasteiger charge is -2.62. The molecule has 0 aliphatic heterocycles. The van der Waals surface area contributed by atoms with Crippen molar-refractivity contribution in [3.8, 4) is 0 Å². The molecule has 0 N–H and O–H groups in total. The molecule has 2 nitrogen and oxygen atoms in total. The number of ether oxygens (including phenoxy) is 1. The minimum atomic E-state index is -0.0904. The van der Waals surface area contributed by atoms with Gasteiger partial charge in [-0.05, 0) is 104 Å². The first-order valence-corrected chi connectivity index (χ1v) is 15.1. The summed E-state index contributed by atoms with van der Waals surface area (Å²) in [6.45, 7) is 14.2. The average molecular weight is 557 g/mol. The molecular weight excluding hydrogens is 507 g/mol. The Hall–Kier alpha value is 0.200. The number of carbonyl (C=O) groups excluding carboxylic acids is 1. The zero-order chi connectivity index (χ0) is 23.3. The molecule has 0 aromatic rings. The predicted molar refractivity (Wildman–Crippen MR) is 142 cm³/mol. The van der Waals surface area contributed by atoms with Crippen LogP contribution in [0.15, 0.2) is 0 Å². The molecule has 3 heteroatoms. The smallest absolute Gasteiger partial charge is 0.302 e. The van der Waals surface area contributed by atoms with Gasteiger partial charge in [-0.2, -0.15) is 0 Å². The van der Waals surface area contributed by atoms with E-state index in [2.05, 4.69) is 57.2 Å². The predicted octanol–water partition coefficient (Wildman–Crippen LogP) is 8.45. The number of hydrogen-bond acceptors (Lipinski definition) is 2. The summed E-state index contributed by atoms with van der Waals surface area (Å²) in [7, 11) is 0. The van der Waals surface area contributed by atoms with Crippen molar-refractivity contribution in [3.63, 3.8) is 0 Å². The Morgan fingerprint density at radius 3 is 2.41 bits per heavy atom. The van der Waals surface area contributed by atoms with Gasteiger partial charge in [0.05, 0.1) is 0 Å². The summed E-state index contributed by atoms with van der Waals surface area (Å²) in [6.07, 6.45) is 15.4. The summed E-state index contributed by atoms with van der Waals surface area (Å²) in [5, 5.41) is 0. The molecule has 32 heavy (non-hydrogen) atoms. The Balaban J connectivity index is 1.48. The summed E-state index contributed by atoms with van der Waals surface area (Å²) in [6, 6.07) is 0. The third-order valence-electron chi connectivity index (χ3n) is 11.1. The Morgan fingerprint density at radius 2 is 1.72 bits per heavy atom. The molecule has 4 rings (SSSR count). The fourth-order valence-corrected chi connectivity index (χ4v) is 10.6. The molecule has 4 aliphatic carbocycles. The van der Waals surface area contributed by atoms with E-state index in [1.807, 2.05) is 0 Å². The second-order valence-corrected chi connectivity index (χ2v) is 14.9. The average Bonchev–Trinajstić information content (AvgIpc) is 3.05. The van der Waals surface area contributed by atoms with Crippen molar-refractivity contribution in [2.75, 3.05) is 0 Å². The van der Waals surface area contributed by atoms with Gasteiger partial charge in [0.2, 0.25) is 0 Å². The second kappa shape index (κ2) is 9.69. The quantitative estimate of drug-likeness (QED) is 0.186. The van der Waals surface area contributed by atoms with Crippen LogP contribution in [-0.2, 0) is 9.53 Å². The number of fused-ring (bicyclic) bond motifs is 5. The topological polar surface area (TPSA) is 26.3 Å². The van der Waals surface area contributed by atoms with Crippen LogP contribution in [-0.4, -0.2) is 16.0 Å². The molecule has 0 heterocycles. The first-order chi connectivity index (χ1) is 15.1. The molecule has 0 aromatic heterocycles. The highest BCUT2D eigenvalue weighted by Crippen LogP contribution is 2.68. The van der Waals surface area contributed by atoms with E-state index >= 15 is 0 Å². The van der Waals surface area contributed by atoms with Crippen molar-refractivity contribution in [2.24, 2.45) is 52.3 Å². The van der Waals surface area contributed by atoms with Crippen molar-refractivity contribution in [2.45, 2.75) is 122 Å². The molecule has 4 fully saturated rings. The number of rotatable bonds is 6. The van der Waals surface area contributed by atoms with Crippen LogP contribution in [0.1, 0.15) is 112 Å². The van der Waals surface area contributed by atoms with Crippen LogP contribution >= 0.6 is 22.6 Å². The van der Waals surface area contributed by atoms with Crippen LogP contribution in [0, 0.1) is 52.3 Å². The van der Waals surface area contributed by atoms with Gasteiger partial charge >= 0.3 is 5.97 Å². The Kier molecular flexibility index (Phi) is 7.66. The van der Waals surface area contributed by atoms with Crippen molar-refractivity contribution in [1.29, 1.82) is 0 Å². The molecule has 0 spiro atoms. The summed E-state index contributed by atoms with van der Waals surface area (Å²) in [5.41, 5.74) is 0.935. The monoisotopic (exact) mass is 556 g/mol. The number of hydrogen-bond donors (Lipinski definition) is 0. The van der Waals surface area contributed by atoms with Gasteiger partial charge in [0.25, 0.3) is 0 Å². The van der Waals surface area contributed by atoms with Gasteiger partial charge in [-0.25, -0.2) is 0 Å². The molecule has 0 unspecified atom stereocenters. The maximum atomic E-state index is 11.8. The third kappa shape index (κ3) is 4.55. The summed E-state index contributed by atoms with van der Waals surface area (Å²) in [5.74, 6) is 6.08. The summed E-state index contributed by atoms with van der Waals surface area (Å²) in [4.78, 5) is 11.8. The van der Waals surface area contributed by atoms with Crippen LogP contribution in [0.2, 0.25) is 0 Å². The molecule has 0 radical (unpaired) electrons. The molecule has 0 amide bonds. The van der Waals surface area contributed by atoms with Crippen molar-refractivity contribution in [1.82, 2.24) is 0 Å². The first kappa shape index (κ1) is 25.3. The van der Waals surface area contributed by atoms with Gasteiger partial charge in [0, 0.05) is 10.8 Å². The number of halogens is 1. The fraction of sp³-hybridized carbons (Fsp3) is 0.966. The maximum absolute atomic E-state index is 11.8. The molecule has 184 valence electrons. The molecule has 0 aromatic carbocycles. The SMILES string of the molecule is CC(=O)O[C@@H]1C[C@@]2(C)[C@@H](CC[C@@H]3[C@H]2CC[C@]2(C)[C@@H]3CC[C@H]2[C@H](C)CCCC(C)C)C[C@@H]1I. The molecular formula is C29H49IO2. The molecule has 10 atom stereocenters. The van der Waals surface area contributed by atoms with E-state index in [1.54, 1.807) is 6.92 Å². The van der Waals surface area contributed by atoms with Gasteiger partial charge in [-0.3, -0.25) is 4.79 Å². The highest BCUT2D eigenvalue weighted by Gasteiger charge is 2.61. The van der Waals surface area contributed by atoms with Crippen LogP contribution in [0.25, 0.3) is 0 Å². The maximum Gasteiger partial charge on any atom is 0.302 e. The number of esters is 1. The Morgan fingerprint density at radius 1 is 1.00 bits per heavy atom. The van der Waals surface area contributed by atoms with Gasteiger partial charge in [-0.1, -0.05) is 76.5 Å². The number of carbonyl (C=O) groups is 1. The lowest BCUT2D eigenvalue weighted by molar-refractivity contribution is -0.161. The third-order valence-corrected chi connectivity index (χ3v) is 12.4. The van der Waals surface area contributed by atoms with Crippen LogP contribution in [0.3, 0.4) is 0 Å². The first-order valence-electron chi connectivity index (χ1n) is 13.9. The zero-order valence-corrected chi connectivity index (χ0v) is 23.8. The van der Waals surface area contributed by atoms with Crippen LogP contribution < -0.4 is 0 Å². The highest BCUT2D eigenvalue weighted by molar-refractivity contribution is 14.1. The normalized spacial score (nSPS) is 46.8. The molecule has 0 bridgehead atoms. The Labute approximate surface area is 211 Å². The van der Waals surface area contributed by atoms with E-state index in [-0.39, 0.29) is 12.1 Å². The lowest BCUT2D eigenvalue weighted by Crippen LogP contribution is -2.56. The van der Waals surface area contributed by atoms with Crippen molar-refractivity contribution < 1.29 is 9.53 Å². The molecule has 4 aliphatic rings. The number of alkyl halides is 1. The zero-order valence-electron chi connectivity index (χ0n) is 21.7. The van der Waals surface area contributed by atoms with Crippen molar-refractivity contribution >= 4 is 28.6 Å². The van der Waals surface area contributed by atoms with Gasteiger partial charge in [0.1, 0.15) is 6.10 Å². The minimum absolute atomic E-state index is 0.0904. The van der Waals surface area contributed by atoms with E-state index < -0.39 is 0 Å². The highest BCUT2D eigenvalue weighted by atomic mass is 127. The van der Waals surface area contributed by atoms with E-state index in [1.165, 1.54) is 64.2 Å². The molecule has 4 saturated carbocycles. The van der Waals surface area contributed by atoms with E-state index in [0.717, 1.165) is 47.8 Å². The van der Waals surface area contributed by atoms with Gasteiger partial charge < -0.3 is 4.74 Å². The lowest BCUT2D eigenvalue weighted by atomic mass is 9.44. The summed E-state index contributed by atoms with van der Waals surface area (Å²) < 4.78 is 6.35. The van der Waals surface area contributed by atoms with E-state index in [0.29, 0.717) is 14.8 Å². The molecule has 0 saturated heterocycles. The second-order valence-electron chi connectivity index (χ2n) is 13.3. The van der Waals surface area contributed by atoms with Gasteiger partial charge in [0.15, 0.2) is 0 Å². The Bertz CT molecular complexity index is 676. The van der Waals surface area contributed by atoms with E-state index in [4.69, 9.17) is 4.74 Å². The minimum Gasteiger partial charge on any atom is -0.461 e.